The summed E-state index contributed by atoms with van der Waals surface area (Å²) in [6.45, 7) is 2.50. The molecule has 0 aliphatic carbocycles. The van der Waals surface area contributed by atoms with Crippen LogP contribution in [0.25, 0.3) is 0 Å². The molecule has 0 amide bonds. The van der Waals surface area contributed by atoms with Gasteiger partial charge < -0.3 is 14.3 Å². The van der Waals surface area contributed by atoms with Crippen molar-refractivity contribution in [3.63, 3.8) is 0 Å². The van der Waals surface area contributed by atoms with Crippen LogP contribution in [-0.2, 0) is 12.0 Å². The van der Waals surface area contributed by atoms with Crippen molar-refractivity contribution in [1.29, 1.82) is 0 Å². The van der Waals surface area contributed by atoms with Crippen LogP contribution in [0.5, 0.6) is 5.75 Å². The molecule has 0 radical (unpaired) electrons. The molecule has 0 bridgehead atoms. The summed E-state index contributed by atoms with van der Waals surface area (Å²) in [6, 6.07) is 7.61. The number of hydrogen-bond donors (Lipinski definition) is 1. The van der Waals surface area contributed by atoms with Gasteiger partial charge in [-0.05, 0) is 36.2 Å². The molecule has 1 unspecified atom stereocenters. The molecule has 1 atom stereocenters. The third kappa shape index (κ3) is 1.63. The summed E-state index contributed by atoms with van der Waals surface area (Å²) in [6.07, 6.45) is 4.05. The molecule has 3 rings (SSSR count). The Kier molecular flexibility index (Phi) is 2.23. The number of aliphatic hydroxyl groups is 1. The predicted octanol–water partition coefficient (Wildman–Crippen LogP) is 2.47. The van der Waals surface area contributed by atoms with Crippen LogP contribution in [0, 0.1) is 0 Å². The third-order valence-corrected chi connectivity index (χ3v) is 3.33. The zero-order chi connectivity index (χ0) is 11.9. The van der Waals surface area contributed by atoms with Crippen molar-refractivity contribution in [2.24, 2.45) is 0 Å². The van der Waals surface area contributed by atoms with E-state index in [9.17, 15) is 5.11 Å². The molecular formula is C14H14O3. The van der Waals surface area contributed by atoms with Gasteiger partial charge in [-0.1, -0.05) is 6.07 Å². The minimum absolute atomic E-state index is 0.729. The lowest BCUT2D eigenvalue weighted by atomic mass is 9.89. The quantitative estimate of drug-likeness (QED) is 0.861. The maximum atomic E-state index is 10.6. The molecule has 2 heterocycles. The average Bonchev–Trinajstić information content (AvgIpc) is 2.99. The Morgan fingerprint density at radius 2 is 2.12 bits per heavy atom. The van der Waals surface area contributed by atoms with Crippen LogP contribution in [0.1, 0.15) is 23.6 Å². The summed E-state index contributed by atoms with van der Waals surface area (Å²) in [7, 11) is 0. The van der Waals surface area contributed by atoms with Crippen LogP contribution in [0.15, 0.2) is 41.2 Å². The van der Waals surface area contributed by atoms with E-state index >= 15 is 0 Å². The average molecular weight is 230 g/mol. The Bertz CT molecular complexity index is 526. The highest BCUT2D eigenvalue weighted by atomic mass is 16.5. The SMILES string of the molecule is CC(O)(c1ccoc1)c1ccc2c(c1)CCO2. The Labute approximate surface area is 99.6 Å². The van der Waals surface area contributed by atoms with E-state index in [2.05, 4.69) is 0 Å². The van der Waals surface area contributed by atoms with E-state index < -0.39 is 5.60 Å². The molecule has 3 heteroatoms. The van der Waals surface area contributed by atoms with Gasteiger partial charge in [0.25, 0.3) is 0 Å². The van der Waals surface area contributed by atoms with E-state index in [1.807, 2.05) is 18.2 Å². The lowest BCUT2D eigenvalue weighted by Gasteiger charge is -2.22. The number of benzene rings is 1. The summed E-state index contributed by atoms with van der Waals surface area (Å²) in [5.41, 5.74) is 1.76. The second kappa shape index (κ2) is 3.64. The summed E-state index contributed by atoms with van der Waals surface area (Å²) in [5.74, 6) is 0.928. The third-order valence-electron chi connectivity index (χ3n) is 3.33. The molecule has 1 aromatic heterocycles. The van der Waals surface area contributed by atoms with E-state index in [1.165, 1.54) is 0 Å². The second-order valence-corrected chi connectivity index (χ2v) is 4.51. The molecule has 3 nitrogen and oxygen atoms in total. The van der Waals surface area contributed by atoms with E-state index in [0.29, 0.717) is 0 Å². The predicted molar refractivity (Wildman–Crippen MR) is 63.0 cm³/mol. The van der Waals surface area contributed by atoms with Crippen LogP contribution in [0.4, 0.5) is 0 Å². The van der Waals surface area contributed by atoms with Crippen LogP contribution >= 0.6 is 0 Å². The zero-order valence-electron chi connectivity index (χ0n) is 9.64. The monoisotopic (exact) mass is 230 g/mol. The highest BCUT2D eigenvalue weighted by Gasteiger charge is 2.28. The maximum Gasteiger partial charge on any atom is 0.122 e. The Balaban J connectivity index is 2.04. The van der Waals surface area contributed by atoms with Gasteiger partial charge in [0.2, 0.25) is 0 Å². The molecule has 88 valence electrons. The first-order chi connectivity index (χ1) is 8.18. The number of hydrogen-bond acceptors (Lipinski definition) is 3. The molecule has 17 heavy (non-hydrogen) atoms. The van der Waals surface area contributed by atoms with Crippen molar-refractivity contribution >= 4 is 0 Å². The van der Waals surface area contributed by atoms with Gasteiger partial charge in [-0.25, -0.2) is 0 Å². The Morgan fingerprint density at radius 3 is 2.88 bits per heavy atom. The lowest BCUT2D eigenvalue weighted by Crippen LogP contribution is -2.22. The fourth-order valence-corrected chi connectivity index (χ4v) is 2.20. The minimum Gasteiger partial charge on any atom is -0.493 e. The zero-order valence-corrected chi connectivity index (χ0v) is 9.64. The van der Waals surface area contributed by atoms with E-state index in [0.717, 1.165) is 35.5 Å². The van der Waals surface area contributed by atoms with Crippen molar-refractivity contribution in [3.05, 3.63) is 53.5 Å². The van der Waals surface area contributed by atoms with Gasteiger partial charge in [-0.3, -0.25) is 0 Å². The van der Waals surface area contributed by atoms with Gasteiger partial charge in [-0.2, -0.15) is 0 Å². The molecule has 1 aromatic carbocycles. The Morgan fingerprint density at radius 1 is 1.24 bits per heavy atom. The highest BCUT2D eigenvalue weighted by molar-refractivity contribution is 5.44. The molecule has 0 saturated carbocycles. The first-order valence-corrected chi connectivity index (χ1v) is 5.69. The fraction of sp³-hybridized carbons (Fsp3) is 0.286. The van der Waals surface area contributed by atoms with Crippen LogP contribution in [-0.4, -0.2) is 11.7 Å². The van der Waals surface area contributed by atoms with Crippen molar-refractivity contribution in [1.82, 2.24) is 0 Å². The van der Waals surface area contributed by atoms with Crippen molar-refractivity contribution in [3.8, 4) is 5.75 Å². The molecule has 0 fully saturated rings. The van der Waals surface area contributed by atoms with Gasteiger partial charge in [0, 0.05) is 12.0 Å². The molecular weight excluding hydrogens is 216 g/mol. The van der Waals surface area contributed by atoms with Gasteiger partial charge in [0.05, 0.1) is 19.1 Å². The molecule has 0 spiro atoms. The van der Waals surface area contributed by atoms with E-state index in [4.69, 9.17) is 9.15 Å². The van der Waals surface area contributed by atoms with Crippen LogP contribution in [0.3, 0.4) is 0 Å². The van der Waals surface area contributed by atoms with Gasteiger partial charge in [-0.15, -0.1) is 0 Å². The molecule has 2 aromatic rings. The van der Waals surface area contributed by atoms with Crippen LogP contribution in [0.2, 0.25) is 0 Å². The number of ether oxygens (including phenoxy) is 1. The summed E-state index contributed by atoms with van der Waals surface area (Å²) in [5, 5.41) is 10.6. The lowest BCUT2D eigenvalue weighted by molar-refractivity contribution is 0.101. The van der Waals surface area contributed by atoms with Crippen molar-refractivity contribution in [2.45, 2.75) is 18.9 Å². The first kappa shape index (κ1) is 10.4. The van der Waals surface area contributed by atoms with Crippen molar-refractivity contribution < 1.29 is 14.3 Å². The van der Waals surface area contributed by atoms with Gasteiger partial charge >= 0.3 is 0 Å². The van der Waals surface area contributed by atoms with E-state index in [1.54, 1.807) is 25.5 Å². The standard InChI is InChI=1S/C14H14O3/c1-14(15,12-5-6-16-9-12)11-2-3-13-10(8-11)4-7-17-13/h2-3,5-6,8-9,15H,4,7H2,1H3. The smallest absolute Gasteiger partial charge is 0.122 e. The largest absolute Gasteiger partial charge is 0.493 e. The van der Waals surface area contributed by atoms with Gasteiger partial charge in [0.15, 0.2) is 0 Å². The fourth-order valence-electron chi connectivity index (χ4n) is 2.20. The second-order valence-electron chi connectivity index (χ2n) is 4.51. The van der Waals surface area contributed by atoms with Gasteiger partial charge in [0.1, 0.15) is 11.4 Å². The topological polar surface area (TPSA) is 42.6 Å². The highest BCUT2D eigenvalue weighted by Crippen LogP contribution is 2.34. The summed E-state index contributed by atoms with van der Waals surface area (Å²) in [4.78, 5) is 0. The molecule has 1 aliphatic heterocycles. The minimum atomic E-state index is -1.02. The summed E-state index contributed by atoms with van der Waals surface area (Å²) < 4.78 is 10.5. The first-order valence-electron chi connectivity index (χ1n) is 5.69. The van der Waals surface area contributed by atoms with Crippen molar-refractivity contribution in [2.75, 3.05) is 6.61 Å². The summed E-state index contributed by atoms with van der Waals surface area (Å²) >= 11 is 0. The van der Waals surface area contributed by atoms with Crippen LogP contribution < -0.4 is 4.74 Å². The molecule has 0 saturated heterocycles. The maximum absolute atomic E-state index is 10.6. The number of rotatable bonds is 2. The normalized spacial score (nSPS) is 17.3. The van der Waals surface area contributed by atoms with E-state index in [-0.39, 0.29) is 0 Å². The number of furan rings is 1. The molecule has 1 aliphatic rings. The Hall–Kier alpha value is -1.74. The number of fused-ring (bicyclic) bond motifs is 1. The molecule has 1 N–H and O–H groups in total.